The molecule has 4 atom stereocenters. The molecule has 3 aromatic rings. The number of rotatable bonds is 8. The number of carboxylic acids is 1. The van der Waals surface area contributed by atoms with Crippen molar-refractivity contribution in [1.29, 1.82) is 5.26 Å². The van der Waals surface area contributed by atoms with Gasteiger partial charge < -0.3 is 15.7 Å². The molecule has 3 N–H and O–H groups in total. The normalized spacial score (nSPS) is 20.3. The number of aliphatic carboxylic acids is 1. The summed E-state index contributed by atoms with van der Waals surface area (Å²) in [5.41, 5.74) is 3.00. The first-order valence-electron chi connectivity index (χ1n) is 13.7. The molecular formula is C32H31N3O4S2. The van der Waals surface area contributed by atoms with Crippen LogP contribution in [0, 0.1) is 29.1 Å². The van der Waals surface area contributed by atoms with E-state index in [9.17, 15) is 24.8 Å². The van der Waals surface area contributed by atoms with E-state index in [-0.39, 0.29) is 11.8 Å². The van der Waals surface area contributed by atoms with Crippen LogP contribution in [0.2, 0.25) is 0 Å². The van der Waals surface area contributed by atoms with Gasteiger partial charge in [-0.1, -0.05) is 55.5 Å². The van der Waals surface area contributed by atoms with Gasteiger partial charge in [0.05, 0.1) is 17.4 Å². The molecule has 210 valence electrons. The van der Waals surface area contributed by atoms with Gasteiger partial charge in [-0.05, 0) is 67.3 Å². The van der Waals surface area contributed by atoms with Gasteiger partial charge in [0.1, 0.15) is 16.3 Å². The van der Waals surface area contributed by atoms with Crippen LogP contribution < -0.4 is 10.6 Å². The fourth-order valence-corrected chi connectivity index (χ4v) is 7.88. The Morgan fingerprint density at radius 2 is 1.80 bits per heavy atom. The van der Waals surface area contributed by atoms with Crippen molar-refractivity contribution in [3.8, 4) is 6.07 Å². The second-order valence-corrected chi connectivity index (χ2v) is 12.9. The Morgan fingerprint density at radius 3 is 2.54 bits per heavy atom. The molecule has 1 aromatic heterocycles. The van der Waals surface area contributed by atoms with Crippen molar-refractivity contribution in [2.24, 2.45) is 17.8 Å². The molecule has 0 fully saturated rings. The zero-order chi connectivity index (χ0) is 28.9. The molecule has 2 amide bonds. The van der Waals surface area contributed by atoms with Crippen LogP contribution in [0.3, 0.4) is 0 Å². The maximum Gasteiger partial charge on any atom is 0.307 e. The van der Waals surface area contributed by atoms with Crippen molar-refractivity contribution in [2.75, 3.05) is 10.6 Å². The highest BCUT2D eigenvalue weighted by Gasteiger charge is 2.34. The first-order chi connectivity index (χ1) is 19.8. The summed E-state index contributed by atoms with van der Waals surface area (Å²) >= 11 is 2.86. The maximum atomic E-state index is 13.8. The highest BCUT2D eigenvalue weighted by Crippen LogP contribution is 2.42. The number of hydrogen-bond acceptors (Lipinski definition) is 6. The molecule has 2 aliphatic carbocycles. The average molecular weight is 586 g/mol. The number of thioether (sulfide) groups is 1. The number of carbonyl (C=O) groups excluding carboxylic acids is 2. The molecule has 2 aliphatic rings. The summed E-state index contributed by atoms with van der Waals surface area (Å²) in [7, 11) is 0. The van der Waals surface area contributed by atoms with Crippen LogP contribution in [0.1, 0.15) is 53.0 Å². The van der Waals surface area contributed by atoms with Crippen LogP contribution >= 0.6 is 23.1 Å². The van der Waals surface area contributed by atoms with Gasteiger partial charge in [-0.25, -0.2) is 0 Å². The number of carboxylic acid groups (broad SMARTS) is 1. The van der Waals surface area contributed by atoms with Gasteiger partial charge in [0, 0.05) is 15.5 Å². The second-order valence-electron chi connectivity index (χ2n) is 10.6. The molecule has 9 heteroatoms. The highest BCUT2D eigenvalue weighted by molar-refractivity contribution is 8.00. The summed E-state index contributed by atoms with van der Waals surface area (Å²) in [6.45, 7) is 2.21. The zero-order valence-electron chi connectivity index (χ0n) is 22.6. The third-order valence-electron chi connectivity index (χ3n) is 7.64. The van der Waals surface area contributed by atoms with Gasteiger partial charge in [-0.2, -0.15) is 5.26 Å². The minimum atomic E-state index is -0.976. The molecule has 5 rings (SSSR count). The molecule has 0 saturated heterocycles. The van der Waals surface area contributed by atoms with Gasteiger partial charge in [0.2, 0.25) is 11.8 Å². The molecular weight excluding hydrogens is 555 g/mol. The van der Waals surface area contributed by atoms with Crippen LogP contribution in [0.15, 0.2) is 71.6 Å². The van der Waals surface area contributed by atoms with Crippen LogP contribution in [0.5, 0.6) is 0 Å². The number of nitrogens with zero attached hydrogens (tertiary/aromatic N) is 1. The lowest BCUT2D eigenvalue weighted by Gasteiger charge is -2.24. The van der Waals surface area contributed by atoms with Gasteiger partial charge in [0.25, 0.3) is 0 Å². The molecule has 0 radical (unpaired) electrons. The lowest BCUT2D eigenvalue weighted by atomic mass is 9.82. The Kier molecular flexibility index (Phi) is 8.91. The SMILES string of the molecule is CC1CCc2c(sc(NC(=O)C(Sc3cccc(NC(=O)C4CC=CCC4C(=O)O)c3)c3ccccc3)c2C#N)C1. The van der Waals surface area contributed by atoms with Gasteiger partial charge in [0.15, 0.2) is 0 Å². The Morgan fingerprint density at radius 1 is 1.05 bits per heavy atom. The van der Waals surface area contributed by atoms with E-state index in [1.165, 1.54) is 28.0 Å². The first-order valence-corrected chi connectivity index (χ1v) is 15.4. The Bertz CT molecular complexity index is 1530. The summed E-state index contributed by atoms with van der Waals surface area (Å²) in [5, 5.41) is 25.4. The maximum absolute atomic E-state index is 13.8. The summed E-state index contributed by atoms with van der Waals surface area (Å²) in [5.74, 6) is -2.38. The lowest BCUT2D eigenvalue weighted by molar-refractivity contribution is -0.146. The predicted octanol–water partition coefficient (Wildman–Crippen LogP) is 6.82. The van der Waals surface area contributed by atoms with E-state index in [0.717, 1.165) is 35.3 Å². The largest absolute Gasteiger partial charge is 0.481 e. The number of anilines is 2. The van der Waals surface area contributed by atoms with Gasteiger partial charge >= 0.3 is 5.97 Å². The van der Waals surface area contributed by atoms with E-state index in [1.807, 2.05) is 42.5 Å². The third-order valence-corrected chi connectivity index (χ3v) is 10.1. The monoisotopic (exact) mass is 585 g/mol. The van der Waals surface area contributed by atoms with Crippen molar-refractivity contribution in [1.82, 2.24) is 0 Å². The number of carbonyl (C=O) groups is 3. The van der Waals surface area contributed by atoms with Crippen molar-refractivity contribution in [3.05, 3.63) is 88.3 Å². The molecule has 2 aromatic carbocycles. The number of fused-ring (bicyclic) bond motifs is 1. The molecule has 41 heavy (non-hydrogen) atoms. The number of allylic oxidation sites excluding steroid dienone is 2. The fourth-order valence-electron chi connectivity index (χ4n) is 5.43. The Hall–Kier alpha value is -3.87. The van der Waals surface area contributed by atoms with Crippen LogP contribution in [0.25, 0.3) is 0 Å². The smallest absolute Gasteiger partial charge is 0.307 e. The number of nitrogens with one attached hydrogen (secondary N) is 2. The van der Waals surface area contributed by atoms with Crippen LogP contribution in [-0.2, 0) is 27.2 Å². The van der Waals surface area contributed by atoms with Crippen molar-refractivity contribution in [2.45, 2.75) is 49.2 Å². The second kappa shape index (κ2) is 12.8. The number of thiophene rings is 1. The Balaban J connectivity index is 1.36. The molecule has 7 nitrogen and oxygen atoms in total. The van der Waals surface area contributed by atoms with E-state index in [0.29, 0.717) is 35.0 Å². The fraction of sp³-hybridized carbons (Fsp3) is 0.312. The highest BCUT2D eigenvalue weighted by atomic mass is 32.2. The van der Waals surface area contributed by atoms with E-state index in [2.05, 4.69) is 23.6 Å². The minimum Gasteiger partial charge on any atom is -0.481 e. The predicted molar refractivity (Wildman–Crippen MR) is 162 cm³/mol. The zero-order valence-corrected chi connectivity index (χ0v) is 24.3. The van der Waals surface area contributed by atoms with Gasteiger partial charge in [-0.15, -0.1) is 23.1 Å². The molecule has 4 unspecified atom stereocenters. The van der Waals surface area contributed by atoms with Crippen molar-refractivity contribution >= 4 is 51.6 Å². The van der Waals surface area contributed by atoms with E-state index in [4.69, 9.17) is 0 Å². The topological polar surface area (TPSA) is 119 Å². The summed E-state index contributed by atoms with van der Waals surface area (Å²) in [6.07, 6.45) is 7.17. The molecule has 0 saturated carbocycles. The van der Waals surface area contributed by atoms with Gasteiger partial charge in [-0.3, -0.25) is 14.4 Å². The number of benzene rings is 2. The van der Waals surface area contributed by atoms with Crippen LogP contribution in [-0.4, -0.2) is 22.9 Å². The molecule has 0 bridgehead atoms. The molecule has 1 heterocycles. The molecule has 0 spiro atoms. The first kappa shape index (κ1) is 28.7. The number of amides is 2. The average Bonchev–Trinajstić information content (AvgIpc) is 3.32. The summed E-state index contributed by atoms with van der Waals surface area (Å²) in [6, 6.07) is 19.0. The lowest BCUT2D eigenvalue weighted by Crippen LogP contribution is -2.34. The Labute approximate surface area is 247 Å². The van der Waals surface area contributed by atoms with Crippen LogP contribution in [0.4, 0.5) is 10.7 Å². The standard InChI is InChI=1S/C32H31N3O4S2/c1-19-14-15-23-26(18-33)31(41-27(23)16-19)35-30(37)28(20-8-3-2-4-9-20)40-22-11-7-10-21(17-22)34-29(36)24-12-5-6-13-25(24)32(38)39/h2-11,17,19,24-25,28H,12-16H2,1H3,(H,34,36)(H,35,37)(H,38,39). The van der Waals surface area contributed by atoms with E-state index < -0.39 is 23.1 Å². The minimum absolute atomic E-state index is 0.225. The molecule has 0 aliphatic heterocycles. The van der Waals surface area contributed by atoms with Crippen molar-refractivity contribution < 1.29 is 19.5 Å². The summed E-state index contributed by atoms with van der Waals surface area (Å²) < 4.78 is 0. The number of nitriles is 1. The number of hydrogen-bond donors (Lipinski definition) is 3. The van der Waals surface area contributed by atoms with E-state index >= 15 is 0 Å². The quantitative estimate of drug-likeness (QED) is 0.197. The third kappa shape index (κ3) is 6.55. The van der Waals surface area contributed by atoms with Crippen molar-refractivity contribution in [3.63, 3.8) is 0 Å². The van der Waals surface area contributed by atoms with E-state index in [1.54, 1.807) is 24.3 Å². The summed E-state index contributed by atoms with van der Waals surface area (Å²) in [4.78, 5) is 40.4.